The number of anilines is 1. The van der Waals surface area contributed by atoms with Gasteiger partial charge >= 0.3 is 0 Å². The lowest BCUT2D eigenvalue weighted by Gasteiger charge is -2.10. The molecule has 0 bridgehead atoms. The average Bonchev–Trinajstić information content (AvgIpc) is 2.88. The second-order valence-electron chi connectivity index (χ2n) is 4.68. The van der Waals surface area contributed by atoms with Gasteiger partial charge in [-0.15, -0.1) is 0 Å². The van der Waals surface area contributed by atoms with Crippen LogP contribution in [0.3, 0.4) is 0 Å². The summed E-state index contributed by atoms with van der Waals surface area (Å²) in [5.74, 6) is 0. The molecule has 0 amide bonds. The lowest BCUT2D eigenvalue weighted by molar-refractivity contribution is 0.600. The molecule has 0 fully saturated rings. The molecule has 2 aromatic rings. The van der Waals surface area contributed by atoms with Crippen LogP contribution < -0.4 is 10.5 Å². The van der Waals surface area contributed by atoms with Crippen molar-refractivity contribution in [3.05, 3.63) is 46.2 Å². The number of hydrogen-bond acceptors (Lipinski definition) is 3. The van der Waals surface area contributed by atoms with Crippen molar-refractivity contribution in [1.29, 1.82) is 0 Å². The Kier molecular flexibility index (Phi) is 4.75. The summed E-state index contributed by atoms with van der Waals surface area (Å²) in [6.45, 7) is 4.78. The third-order valence-electron chi connectivity index (χ3n) is 3.33. The van der Waals surface area contributed by atoms with Crippen molar-refractivity contribution >= 4 is 31.6 Å². The lowest BCUT2D eigenvalue weighted by atomic mass is 10.2. The van der Waals surface area contributed by atoms with Crippen LogP contribution in [0.1, 0.15) is 18.2 Å². The van der Waals surface area contributed by atoms with E-state index in [0.717, 1.165) is 15.7 Å². The lowest BCUT2D eigenvalue weighted by Crippen LogP contribution is -2.13. The van der Waals surface area contributed by atoms with Crippen LogP contribution in [0, 0.1) is 6.92 Å². The zero-order valence-electron chi connectivity index (χ0n) is 11.9. The predicted molar refractivity (Wildman–Crippen MR) is 87.7 cm³/mol. The number of nitrogens with one attached hydrogen (secondary N) is 1. The number of benzene rings is 1. The topological polar surface area (TPSA) is 77.1 Å². The van der Waals surface area contributed by atoms with E-state index < -0.39 is 10.0 Å². The quantitative estimate of drug-likeness (QED) is 0.847. The number of aryl methyl sites for hydroxylation is 1. The van der Waals surface area contributed by atoms with Crippen molar-refractivity contribution in [3.8, 4) is 0 Å². The van der Waals surface area contributed by atoms with Crippen LogP contribution >= 0.6 is 15.9 Å². The molecule has 1 heterocycles. The number of aromatic nitrogens is 1. The van der Waals surface area contributed by atoms with Crippen molar-refractivity contribution in [1.82, 2.24) is 4.57 Å². The van der Waals surface area contributed by atoms with Crippen molar-refractivity contribution in [2.45, 2.75) is 31.8 Å². The third-order valence-corrected chi connectivity index (χ3v) is 5.52. The molecular formula is C14H18BrN3O2S. The minimum atomic E-state index is -3.62. The van der Waals surface area contributed by atoms with Gasteiger partial charge in [-0.2, -0.15) is 0 Å². The second-order valence-corrected chi connectivity index (χ2v) is 7.21. The van der Waals surface area contributed by atoms with Gasteiger partial charge in [0, 0.05) is 29.5 Å². The second kappa shape index (κ2) is 6.21. The van der Waals surface area contributed by atoms with Crippen LogP contribution in [0.5, 0.6) is 0 Å². The SMILES string of the molecule is CCn1cc(S(=O)(=O)Nc2cccc(Br)c2C)cc1CN. The fourth-order valence-electron chi connectivity index (χ4n) is 2.06. The van der Waals surface area contributed by atoms with Crippen LogP contribution in [0.2, 0.25) is 0 Å². The molecule has 114 valence electrons. The van der Waals surface area contributed by atoms with Gasteiger partial charge in [-0.05, 0) is 37.6 Å². The van der Waals surface area contributed by atoms with Crippen molar-refractivity contribution in [2.75, 3.05) is 4.72 Å². The predicted octanol–water partition coefficient (Wildman–Crippen LogP) is 2.84. The largest absolute Gasteiger partial charge is 0.349 e. The highest BCUT2D eigenvalue weighted by Gasteiger charge is 2.19. The van der Waals surface area contributed by atoms with E-state index in [2.05, 4.69) is 20.7 Å². The number of hydrogen-bond donors (Lipinski definition) is 2. The Morgan fingerprint density at radius 1 is 1.38 bits per heavy atom. The normalized spacial score (nSPS) is 11.6. The van der Waals surface area contributed by atoms with Crippen LogP contribution in [0.15, 0.2) is 39.8 Å². The molecule has 7 heteroatoms. The van der Waals surface area contributed by atoms with Gasteiger partial charge in [0.25, 0.3) is 10.0 Å². The van der Waals surface area contributed by atoms with E-state index in [9.17, 15) is 8.42 Å². The third kappa shape index (κ3) is 3.30. The molecule has 0 saturated carbocycles. The van der Waals surface area contributed by atoms with Crippen molar-refractivity contribution < 1.29 is 8.42 Å². The van der Waals surface area contributed by atoms with Gasteiger partial charge in [-0.3, -0.25) is 4.72 Å². The van der Waals surface area contributed by atoms with Crippen LogP contribution in [-0.4, -0.2) is 13.0 Å². The first kappa shape index (κ1) is 16.1. The van der Waals surface area contributed by atoms with E-state index in [1.54, 1.807) is 24.4 Å². The zero-order chi connectivity index (χ0) is 15.6. The Morgan fingerprint density at radius 3 is 2.67 bits per heavy atom. The van der Waals surface area contributed by atoms with Gasteiger partial charge in [0.15, 0.2) is 0 Å². The summed E-state index contributed by atoms with van der Waals surface area (Å²) in [6.07, 6.45) is 1.61. The van der Waals surface area contributed by atoms with Crippen LogP contribution in [-0.2, 0) is 23.1 Å². The number of sulfonamides is 1. The first-order valence-electron chi connectivity index (χ1n) is 6.56. The van der Waals surface area contributed by atoms with Gasteiger partial charge < -0.3 is 10.3 Å². The van der Waals surface area contributed by atoms with E-state index in [1.807, 2.05) is 24.5 Å². The molecule has 1 aromatic carbocycles. The highest BCUT2D eigenvalue weighted by molar-refractivity contribution is 9.10. The highest BCUT2D eigenvalue weighted by Crippen LogP contribution is 2.26. The molecule has 0 atom stereocenters. The first-order chi connectivity index (χ1) is 9.89. The van der Waals surface area contributed by atoms with Gasteiger partial charge in [-0.1, -0.05) is 22.0 Å². The molecule has 0 aliphatic heterocycles. The number of halogens is 1. The maximum atomic E-state index is 12.5. The monoisotopic (exact) mass is 371 g/mol. The molecule has 3 N–H and O–H groups in total. The summed E-state index contributed by atoms with van der Waals surface area (Å²) in [5.41, 5.74) is 7.83. The molecule has 0 radical (unpaired) electrons. The Bertz CT molecular complexity index is 732. The number of rotatable bonds is 5. The first-order valence-corrected chi connectivity index (χ1v) is 8.83. The smallest absolute Gasteiger partial charge is 0.263 e. The zero-order valence-corrected chi connectivity index (χ0v) is 14.3. The summed E-state index contributed by atoms with van der Waals surface area (Å²) in [4.78, 5) is 0.226. The summed E-state index contributed by atoms with van der Waals surface area (Å²) in [7, 11) is -3.62. The summed E-state index contributed by atoms with van der Waals surface area (Å²) >= 11 is 3.39. The average molecular weight is 372 g/mol. The van der Waals surface area contributed by atoms with Crippen molar-refractivity contribution in [2.24, 2.45) is 5.73 Å². The highest BCUT2D eigenvalue weighted by atomic mass is 79.9. The van der Waals surface area contributed by atoms with Gasteiger partial charge in [0.1, 0.15) is 4.90 Å². The minimum Gasteiger partial charge on any atom is -0.349 e. The fraction of sp³-hybridized carbons (Fsp3) is 0.286. The summed E-state index contributed by atoms with van der Waals surface area (Å²) in [6, 6.07) is 7.00. The molecule has 1 aromatic heterocycles. The molecule has 0 aliphatic carbocycles. The van der Waals surface area contributed by atoms with E-state index in [1.165, 1.54) is 0 Å². The van der Waals surface area contributed by atoms with Gasteiger partial charge in [0.05, 0.1) is 5.69 Å². The molecule has 0 saturated heterocycles. The van der Waals surface area contributed by atoms with E-state index in [-0.39, 0.29) is 4.90 Å². The van der Waals surface area contributed by atoms with Crippen LogP contribution in [0.25, 0.3) is 0 Å². The molecule has 21 heavy (non-hydrogen) atoms. The summed E-state index contributed by atoms with van der Waals surface area (Å²) in [5, 5.41) is 0. The standard InChI is InChI=1S/C14H18BrN3O2S/c1-3-18-9-12(7-11(18)8-16)21(19,20)17-14-6-4-5-13(15)10(14)2/h4-7,9,17H,3,8,16H2,1-2H3. The van der Waals surface area contributed by atoms with E-state index in [0.29, 0.717) is 18.8 Å². The van der Waals surface area contributed by atoms with Gasteiger partial charge in [-0.25, -0.2) is 8.42 Å². The Hall–Kier alpha value is -1.31. The molecule has 0 spiro atoms. The maximum absolute atomic E-state index is 12.5. The van der Waals surface area contributed by atoms with Gasteiger partial charge in [0.2, 0.25) is 0 Å². The maximum Gasteiger partial charge on any atom is 0.263 e. The van der Waals surface area contributed by atoms with E-state index >= 15 is 0 Å². The Labute approximate surface area is 133 Å². The fourth-order valence-corrected chi connectivity index (χ4v) is 3.61. The molecule has 0 unspecified atom stereocenters. The number of nitrogens with zero attached hydrogens (tertiary/aromatic N) is 1. The minimum absolute atomic E-state index is 0.226. The van der Waals surface area contributed by atoms with Crippen molar-refractivity contribution in [3.63, 3.8) is 0 Å². The molecule has 0 aliphatic rings. The Balaban J connectivity index is 2.38. The van der Waals surface area contributed by atoms with Crippen LogP contribution in [0.4, 0.5) is 5.69 Å². The molecule has 5 nitrogen and oxygen atoms in total. The number of nitrogens with two attached hydrogens (primary N) is 1. The summed E-state index contributed by atoms with van der Waals surface area (Å²) < 4.78 is 30.3. The van der Waals surface area contributed by atoms with E-state index in [4.69, 9.17) is 5.73 Å². The Morgan fingerprint density at radius 2 is 2.10 bits per heavy atom. The molecule has 2 rings (SSSR count). The molecular weight excluding hydrogens is 354 g/mol.